The Labute approximate surface area is 151 Å². The van der Waals surface area contributed by atoms with E-state index in [0.29, 0.717) is 41.4 Å². The number of nitrogens with zero attached hydrogens (tertiary/aromatic N) is 1. The third-order valence-corrected chi connectivity index (χ3v) is 4.10. The van der Waals surface area contributed by atoms with Crippen LogP contribution in [0.4, 0.5) is 0 Å². The van der Waals surface area contributed by atoms with Crippen LogP contribution >= 0.6 is 15.9 Å². The van der Waals surface area contributed by atoms with Crippen LogP contribution in [0.3, 0.4) is 0 Å². The van der Waals surface area contributed by atoms with Crippen molar-refractivity contribution in [3.05, 3.63) is 51.5 Å². The quantitative estimate of drug-likeness (QED) is 0.638. The Morgan fingerprint density at radius 2 is 1.75 bits per heavy atom. The van der Waals surface area contributed by atoms with E-state index in [1.807, 2.05) is 25.1 Å². The summed E-state index contributed by atoms with van der Waals surface area (Å²) in [7, 11) is 0. The molecule has 0 radical (unpaired) electrons. The molecule has 0 aromatic heterocycles. The van der Waals surface area contributed by atoms with Crippen molar-refractivity contribution in [1.82, 2.24) is 0 Å². The van der Waals surface area contributed by atoms with E-state index in [9.17, 15) is 0 Å². The highest BCUT2D eigenvalue weighted by molar-refractivity contribution is 9.10. The molecule has 0 atom stereocenters. The molecule has 0 N–H and O–H groups in total. The number of nitriles is 1. The van der Waals surface area contributed by atoms with E-state index in [-0.39, 0.29) is 0 Å². The molecule has 0 saturated heterocycles. The van der Waals surface area contributed by atoms with Crippen LogP contribution in [-0.2, 0) is 0 Å². The summed E-state index contributed by atoms with van der Waals surface area (Å²) in [5.41, 5.74) is 2.95. The molecule has 5 heteroatoms. The van der Waals surface area contributed by atoms with Gasteiger partial charge in [0.15, 0.2) is 11.5 Å². The summed E-state index contributed by atoms with van der Waals surface area (Å²) < 4.78 is 17.8. The maximum absolute atomic E-state index is 9.04. The minimum atomic E-state index is 0.373. The fourth-order valence-electron chi connectivity index (χ4n) is 2.14. The minimum absolute atomic E-state index is 0.373. The van der Waals surface area contributed by atoms with Gasteiger partial charge in [0.05, 0.1) is 22.7 Å². The van der Waals surface area contributed by atoms with Gasteiger partial charge >= 0.3 is 0 Å². The Morgan fingerprint density at radius 3 is 2.42 bits per heavy atom. The summed E-state index contributed by atoms with van der Waals surface area (Å²) in [5.74, 6) is 1.96. The number of aryl methyl sites for hydroxylation is 2. The molecule has 0 aliphatic rings. The van der Waals surface area contributed by atoms with Crippen molar-refractivity contribution >= 4 is 15.9 Å². The lowest BCUT2D eigenvalue weighted by molar-refractivity contribution is 0.207. The average Bonchev–Trinajstić information content (AvgIpc) is 2.56. The first-order chi connectivity index (χ1) is 11.5. The molecule has 0 aliphatic carbocycles. The number of ether oxygens (including phenoxy) is 3. The van der Waals surface area contributed by atoms with Gasteiger partial charge in [0, 0.05) is 6.07 Å². The standard InChI is InChI=1S/C19H20BrNO3/c1-4-22-18-11-15(12-21)10-17(20)19(18)24-8-7-23-16-6-5-13(2)14(3)9-16/h5-6,9-11H,4,7-8H2,1-3H3. The van der Waals surface area contributed by atoms with Gasteiger partial charge in [-0.25, -0.2) is 0 Å². The number of hydrogen-bond donors (Lipinski definition) is 0. The second-order valence-electron chi connectivity index (χ2n) is 5.27. The number of rotatable bonds is 7. The van der Waals surface area contributed by atoms with Gasteiger partial charge in [0.1, 0.15) is 19.0 Å². The molecule has 0 heterocycles. The third kappa shape index (κ3) is 4.65. The summed E-state index contributed by atoms with van der Waals surface area (Å²) in [6, 6.07) is 11.5. The van der Waals surface area contributed by atoms with Gasteiger partial charge in [-0.3, -0.25) is 0 Å². The van der Waals surface area contributed by atoms with Gasteiger partial charge in [0.2, 0.25) is 0 Å². The largest absolute Gasteiger partial charge is 0.490 e. The lowest BCUT2D eigenvalue weighted by atomic mass is 10.1. The van der Waals surface area contributed by atoms with E-state index in [4.69, 9.17) is 19.5 Å². The molecule has 0 fully saturated rings. The Hall–Kier alpha value is -2.19. The first-order valence-corrected chi connectivity index (χ1v) is 8.53. The van der Waals surface area contributed by atoms with Gasteiger partial charge in [-0.1, -0.05) is 6.07 Å². The molecule has 24 heavy (non-hydrogen) atoms. The van der Waals surface area contributed by atoms with Gasteiger partial charge in [-0.05, 0) is 66.0 Å². The van der Waals surface area contributed by atoms with Gasteiger partial charge in [-0.15, -0.1) is 0 Å². The van der Waals surface area contributed by atoms with Gasteiger partial charge in [-0.2, -0.15) is 5.26 Å². The van der Waals surface area contributed by atoms with Crippen LogP contribution in [0.5, 0.6) is 17.2 Å². The van der Waals surface area contributed by atoms with Crippen LogP contribution < -0.4 is 14.2 Å². The van der Waals surface area contributed by atoms with E-state index >= 15 is 0 Å². The average molecular weight is 390 g/mol. The van der Waals surface area contributed by atoms with Crippen LogP contribution in [0, 0.1) is 25.2 Å². The minimum Gasteiger partial charge on any atom is -0.490 e. The highest BCUT2D eigenvalue weighted by Crippen LogP contribution is 2.36. The fraction of sp³-hybridized carbons (Fsp3) is 0.316. The van der Waals surface area contributed by atoms with Crippen molar-refractivity contribution in [3.63, 3.8) is 0 Å². The zero-order chi connectivity index (χ0) is 17.5. The molecule has 2 rings (SSSR count). The van der Waals surface area contributed by atoms with Crippen molar-refractivity contribution in [1.29, 1.82) is 5.26 Å². The first kappa shape index (κ1) is 18.2. The Morgan fingerprint density at radius 1 is 1.00 bits per heavy atom. The molecule has 0 spiro atoms. The van der Waals surface area contributed by atoms with E-state index < -0.39 is 0 Å². The van der Waals surface area contributed by atoms with E-state index in [0.717, 1.165) is 5.75 Å². The Bertz CT molecular complexity index is 753. The summed E-state index contributed by atoms with van der Waals surface area (Å²) in [5, 5.41) is 9.04. The summed E-state index contributed by atoms with van der Waals surface area (Å²) >= 11 is 3.43. The Balaban J connectivity index is 1.98. The molecular weight excluding hydrogens is 370 g/mol. The lowest BCUT2D eigenvalue weighted by Crippen LogP contribution is -2.10. The molecule has 0 unspecified atom stereocenters. The lowest BCUT2D eigenvalue weighted by Gasteiger charge is -2.14. The van der Waals surface area contributed by atoms with Crippen molar-refractivity contribution < 1.29 is 14.2 Å². The van der Waals surface area contributed by atoms with Crippen LogP contribution in [0.15, 0.2) is 34.8 Å². The maximum Gasteiger partial charge on any atom is 0.175 e. The highest BCUT2D eigenvalue weighted by Gasteiger charge is 2.12. The zero-order valence-corrected chi connectivity index (χ0v) is 15.6. The molecule has 4 nitrogen and oxygen atoms in total. The molecule has 2 aromatic carbocycles. The first-order valence-electron chi connectivity index (χ1n) is 7.74. The van der Waals surface area contributed by atoms with E-state index in [1.165, 1.54) is 11.1 Å². The molecule has 0 bridgehead atoms. The van der Waals surface area contributed by atoms with Crippen molar-refractivity contribution in [3.8, 4) is 23.3 Å². The third-order valence-electron chi connectivity index (χ3n) is 3.52. The van der Waals surface area contributed by atoms with Crippen LogP contribution in [0.2, 0.25) is 0 Å². The van der Waals surface area contributed by atoms with E-state index in [2.05, 4.69) is 35.8 Å². The van der Waals surface area contributed by atoms with Gasteiger partial charge < -0.3 is 14.2 Å². The summed E-state index contributed by atoms with van der Waals surface area (Å²) in [6.07, 6.45) is 0. The van der Waals surface area contributed by atoms with Crippen molar-refractivity contribution in [2.24, 2.45) is 0 Å². The molecule has 2 aromatic rings. The topological polar surface area (TPSA) is 51.5 Å². The van der Waals surface area contributed by atoms with Crippen LogP contribution in [0.25, 0.3) is 0 Å². The predicted molar refractivity (Wildman–Crippen MR) is 96.9 cm³/mol. The number of halogens is 1. The molecule has 0 saturated carbocycles. The van der Waals surface area contributed by atoms with Crippen LogP contribution in [0.1, 0.15) is 23.6 Å². The monoisotopic (exact) mass is 389 g/mol. The molecule has 126 valence electrons. The van der Waals surface area contributed by atoms with Gasteiger partial charge in [0.25, 0.3) is 0 Å². The molecule has 0 amide bonds. The number of hydrogen-bond acceptors (Lipinski definition) is 4. The predicted octanol–water partition coefficient (Wildman–Crippen LogP) is 4.79. The van der Waals surface area contributed by atoms with E-state index in [1.54, 1.807) is 12.1 Å². The second kappa shape index (κ2) is 8.60. The van der Waals surface area contributed by atoms with Crippen molar-refractivity contribution in [2.75, 3.05) is 19.8 Å². The smallest absolute Gasteiger partial charge is 0.175 e. The Kier molecular flexibility index (Phi) is 6.51. The normalized spacial score (nSPS) is 10.1. The summed E-state index contributed by atoms with van der Waals surface area (Å²) in [4.78, 5) is 0. The van der Waals surface area contributed by atoms with Crippen molar-refractivity contribution in [2.45, 2.75) is 20.8 Å². The molecule has 0 aliphatic heterocycles. The SMILES string of the molecule is CCOc1cc(C#N)cc(Br)c1OCCOc1ccc(C)c(C)c1. The molecular formula is C19H20BrNO3. The van der Waals surface area contributed by atoms with Crippen LogP contribution in [-0.4, -0.2) is 19.8 Å². The maximum atomic E-state index is 9.04. The number of benzene rings is 2. The fourth-order valence-corrected chi connectivity index (χ4v) is 2.70. The summed E-state index contributed by atoms with van der Waals surface area (Å²) in [6.45, 7) is 7.30. The zero-order valence-electron chi connectivity index (χ0n) is 14.1. The second-order valence-corrected chi connectivity index (χ2v) is 6.13. The highest BCUT2D eigenvalue weighted by atomic mass is 79.9.